The summed E-state index contributed by atoms with van der Waals surface area (Å²) in [4.78, 5) is 17.8. The summed E-state index contributed by atoms with van der Waals surface area (Å²) in [5.74, 6) is 2.49. The van der Waals surface area contributed by atoms with E-state index in [4.69, 9.17) is 10.5 Å². The zero-order valence-corrected chi connectivity index (χ0v) is 13.5. The molecule has 9 heteroatoms. The van der Waals surface area contributed by atoms with E-state index < -0.39 is 0 Å². The number of thiazole rings is 1. The molecular weight excluding hydrogens is 314 g/mol. The number of hydrogen-bond acceptors (Lipinski definition) is 8. The van der Waals surface area contributed by atoms with Crippen LogP contribution in [0.5, 0.6) is 0 Å². The molecule has 0 unspecified atom stereocenters. The third kappa shape index (κ3) is 2.62. The second-order valence-electron chi connectivity index (χ2n) is 5.48. The highest BCUT2D eigenvalue weighted by Gasteiger charge is 2.19. The summed E-state index contributed by atoms with van der Waals surface area (Å²) >= 11 is 1.53. The maximum absolute atomic E-state index is 6.09. The second kappa shape index (κ2) is 5.74. The number of ether oxygens (including phenoxy) is 1. The maximum Gasteiger partial charge on any atom is 0.227 e. The van der Waals surface area contributed by atoms with Crippen molar-refractivity contribution in [1.29, 1.82) is 0 Å². The van der Waals surface area contributed by atoms with Crippen molar-refractivity contribution in [1.82, 2.24) is 24.5 Å². The van der Waals surface area contributed by atoms with Gasteiger partial charge in [-0.3, -0.25) is 4.57 Å². The first-order valence-corrected chi connectivity index (χ1v) is 8.42. The summed E-state index contributed by atoms with van der Waals surface area (Å²) < 4.78 is 7.28. The van der Waals surface area contributed by atoms with Crippen molar-refractivity contribution in [3.8, 4) is 5.82 Å². The van der Waals surface area contributed by atoms with E-state index in [0.717, 1.165) is 37.7 Å². The number of nitrogens with zero attached hydrogens (tertiary/aromatic N) is 5. The Morgan fingerprint density at radius 3 is 2.87 bits per heavy atom. The summed E-state index contributed by atoms with van der Waals surface area (Å²) in [6, 6.07) is 0.303. The maximum atomic E-state index is 6.09. The lowest BCUT2D eigenvalue weighted by Crippen LogP contribution is -2.28. The van der Waals surface area contributed by atoms with Gasteiger partial charge in [0.15, 0.2) is 22.8 Å². The van der Waals surface area contributed by atoms with E-state index in [1.54, 1.807) is 5.51 Å². The average Bonchev–Trinajstić information content (AvgIpc) is 3.15. The van der Waals surface area contributed by atoms with Crippen LogP contribution in [0.3, 0.4) is 0 Å². The molecule has 3 N–H and O–H groups in total. The minimum Gasteiger partial charge on any atom is -0.382 e. The minimum absolute atomic E-state index is 0.303. The predicted molar refractivity (Wildman–Crippen MR) is 88.9 cm³/mol. The molecule has 0 aliphatic carbocycles. The Kier molecular flexibility index (Phi) is 3.58. The summed E-state index contributed by atoms with van der Waals surface area (Å²) in [5, 5.41) is 5.31. The topological polar surface area (TPSA) is 104 Å². The fraction of sp³-hybridized carbons (Fsp3) is 0.429. The quantitative estimate of drug-likeness (QED) is 0.753. The first-order chi connectivity index (χ1) is 11.2. The van der Waals surface area contributed by atoms with E-state index in [-0.39, 0.29) is 0 Å². The number of aromatic nitrogens is 5. The van der Waals surface area contributed by atoms with Gasteiger partial charge in [-0.05, 0) is 19.8 Å². The Morgan fingerprint density at radius 1 is 1.30 bits per heavy atom. The molecule has 1 saturated heterocycles. The molecule has 0 spiro atoms. The number of nitrogens with one attached hydrogen (secondary N) is 1. The number of fused-ring (bicyclic) bond motifs is 1. The third-order valence-electron chi connectivity index (χ3n) is 3.90. The molecular formula is C14H17N7OS. The molecule has 3 aromatic rings. The monoisotopic (exact) mass is 331 g/mol. The lowest BCUT2D eigenvalue weighted by Gasteiger charge is -2.23. The van der Waals surface area contributed by atoms with Crippen molar-refractivity contribution < 1.29 is 4.74 Å². The van der Waals surface area contributed by atoms with E-state index in [1.165, 1.54) is 11.3 Å². The van der Waals surface area contributed by atoms with Gasteiger partial charge in [0, 0.05) is 24.6 Å². The molecule has 4 heterocycles. The number of imidazole rings is 1. The van der Waals surface area contributed by atoms with Crippen molar-refractivity contribution in [2.75, 3.05) is 24.3 Å². The Labute approximate surface area is 136 Å². The first kappa shape index (κ1) is 14.3. The van der Waals surface area contributed by atoms with Crippen molar-refractivity contribution in [3.63, 3.8) is 0 Å². The fourth-order valence-electron chi connectivity index (χ4n) is 2.77. The Balaban J connectivity index is 1.77. The van der Waals surface area contributed by atoms with Gasteiger partial charge in [-0.15, -0.1) is 11.3 Å². The van der Waals surface area contributed by atoms with Crippen LogP contribution in [0.2, 0.25) is 0 Å². The molecule has 0 atom stereocenters. The standard InChI is InChI=1S/C14H17N7OS/c1-8-17-11-12(15)19-14(18-9-2-4-22-5-3-9)20-13(11)21(8)10-6-23-7-16-10/h6-7,9H,2-5H2,1H3,(H3,15,18,19,20). The number of hydrogen-bond donors (Lipinski definition) is 2. The van der Waals surface area contributed by atoms with Crippen LogP contribution >= 0.6 is 11.3 Å². The number of anilines is 2. The average molecular weight is 331 g/mol. The summed E-state index contributed by atoms with van der Waals surface area (Å²) in [7, 11) is 0. The van der Waals surface area contributed by atoms with Crippen LogP contribution in [0.4, 0.5) is 11.8 Å². The molecule has 4 rings (SSSR count). The molecule has 0 bridgehead atoms. The van der Waals surface area contributed by atoms with Gasteiger partial charge in [0.25, 0.3) is 0 Å². The largest absolute Gasteiger partial charge is 0.382 e. The van der Waals surface area contributed by atoms with Crippen LogP contribution in [0.15, 0.2) is 10.9 Å². The molecule has 0 saturated carbocycles. The molecule has 0 radical (unpaired) electrons. The van der Waals surface area contributed by atoms with Crippen molar-refractivity contribution >= 4 is 34.3 Å². The van der Waals surface area contributed by atoms with Crippen LogP contribution in [-0.4, -0.2) is 43.8 Å². The van der Waals surface area contributed by atoms with Gasteiger partial charge >= 0.3 is 0 Å². The number of nitrogens with two attached hydrogens (primary N) is 1. The minimum atomic E-state index is 0.303. The lowest BCUT2D eigenvalue weighted by molar-refractivity contribution is 0.0903. The molecule has 120 valence electrons. The molecule has 3 aromatic heterocycles. The predicted octanol–water partition coefficient (Wildman–Crippen LogP) is 1.75. The van der Waals surface area contributed by atoms with Crippen LogP contribution in [-0.2, 0) is 4.74 Å². The van der Waals surface area contributed by atoms with Crippen LogP contribution in [0, 0.1) is 6.92 Å². The van der Waals surface area contributed by atoms with Gasteiger partial charge < -0.3 is 15.8 Å². The van der Waals surface area contributed by atoms with Crippen LogP contribution in [0.1, 0.15) is 18.7 Å². The lowest BCUT2D eigenvalue weighted by atomic mass is 10.1. The van der Waals surface area contributed by atoms with Crippen LogP contribution < -0.4 is 11.1 Å². The molecule has 8 nitrogen and oxygen atoms in total. The van der Waals surface area contributed by atoms with Gasteiger partial charge in [0.2, 0.25) is 5.95 Å². The Hall–Kier alpha value is -2.26. The van der Waals surface area contributed by atoms with Crippen molar-refractivity contribution in [2.24, 2.45) is 0 Å². The van der Waals surface area contributed by atoms with Gasteiger partial charge in [-0.1, -0.05) is 0 Å². The molecule has 1 aliphatic heterocycles. The highest BCUT2D eigenvalue weighted by molar-refractivity contribution is 7.07. The summed E-state index contributed by atoms with van der Waals surface area (Å²) in [5.41, 5.74) is 9.15. The highest BCUT2D eigenvalue weighted by Crippen LogP contribution is 2.24. The van der Waals surface area contributed by atoms with E-state index in [9.17, 15) is 0 Å². The zero-order chi connectivity index (χ0) is 15.8. The van der Waals surface area contributed by atoms with E-state index in [1.807, 2.05) is 16.9 Å². The molecule has 0 amide bonds. The van der Waals surface area contributed by atoms with Gasteiger partial charge in [-0.25, -0.2) is 9.97 Å². The Morgan fingerprint density at radius 2 is 2.13 bits per heavy atom. The SMILES string of the molecule is Cc1nc2c(N)nc(NC3CCOCC3)nc2n1-c1cscn1. The van der Waals surface area contributed by atoms with E-state index >= 15 is 0 Å². The van der Waals surface area contributed by atoms with Crippen molar-refractivity contribution in [3.05, 3.63) is 16.7 Å². The molecule has 1 fully saturated rings. The highest BCUT2D eigenvalue weighted by atomic mass is 32.1. The summed E-state index contributed by atoms with van der Waals surface area (Å²) in [6.45, 7) is 3.42. The second-order valence-corrected chi connectivity index (χ2v) is 6.20. The van der Waals surface area contributed by atoms with E-state index in [2.05, 4.69) is 25.3 Å². The fourth-order valence-corrected chi connectivity index (χ4v) is 3.29. The number of nitrogen functional groups attached to an aromatic ring is 1. The van der Waals surface area contributed by atoms with Gasteiger partial charge in [0.05, 0.1) is 5.51 Å². The van der Waals surface area contributed by atoms with Crippen molar-refractivity contribution in [2.45, 2.75) is 25.8 Å². The third-order valence-corrected chi connectivity index (χ3v) is 4.48. The van der Waals surface area contributed by atoms with Crippen LogP contribution in [0.25, 0.3) is 17.0 Å². The zero-order valence-electron chi connectivity index (χ0n) is 12.7. The molecule has 23 heavy (non-hydrogen) atoms. The van der Waals surface area contributed by atoms with Gasteiger partial charge in [0.1, 0.15) is 5.82 Å². The molecule has 1 aliphatic rings. The number of aryl methyl sites for hydroxylation is 1. The van der Waals surface area contributed by atoms with E-state index in [0.29, 0.717) is 29.0 Å². The summed E-state index contributed by atoms with van der Waals surface area (Å²) in [6.07, 6.45) is 1.87. The normalized spacial score (nSPS) is 16.0. The molecule has 0 aromatic carbocycles. The first-order valence-electron chi connectivity index (χ1n) is 7.48. The number of rotatable bonds is 3. The Bertz CT molecular complexity index is 823. The van der Waals surface area contributed by atoms with Gasteiger partial charge in [-0.2, -0.15) is 9.97 Å². The smallest absolute Gasteiger partial charge is 0.227 e.